The Morgan fingerprint density at radius 1 is 1.00 bits per heavy atom. The van der Waals surface area contributed by atoms with Gasteiger partial charge in [0, 0.05) is 13.1 Å². The van der Waals surface area contributed by atoms with Gasteiger partial charge >= 0.3 is 6.09 Å². The van der Waals surface area contributed by atoms with E-state index in [0.717, 1.165) is 35.3 Å². The van der Waals surface area contributed by atoms with E-state index in [1.54, 1.807) is 18.1 Å². The van der Waals surface area contributed by atoms with Crippen LogP contribution in [0.4, 0.5) is 4.79 Å². The third kappa shape index (κ3) is 7.20. The molecule has 0 saturated carbocycles. The molecule has 5 rings (SSSR count). The number of hydrogen-bond donors (Lipinski definition) is 1. The van der Waals surface area contributed by atoms with Crippen LogP contribution in [0.5, 0.6) is 5.75 Å². The fraction of sp³-hybridized carbons (Fsp3) is 0.355. The Hall–Kier alpha value is -4.29. The van der Waals surface area contributed by atoms with Crippen LogP contribution in [0.2, 0.25) is 0 Å². The van der Waals surface area contributed by atoms with E-state index in [2.05, 4.69) is 15.4 Å². The normalized spacial score (nSPS) is 14.5. The highest BCUT2D eigenvalue weighted by molar-refractivity contribution is 7.89. The Balaban J connectivity index is 1.38. The molecule has 1 aromatic heterocycles. The molecule has 0 unspecified atom stereocenters. The van der Waals surface area contributed by atoms with Crippen molar-refractivity contribution in [2.75, 3.05) is 20.2 Å². The summed E-state index contributed by atoms with van der Waals surface area (Å²) >= 11 is 0. The fourth-order valence-corrected chi connectivity index (χ4v) is 5.95. The second kappa shape index (κ2) is 12.1. The maximum absolute atomic E-state index is 12.6. The number of carbonyl (C=O) groups is 1. The van der Waals surface area contributed by atoms with E-state index in [-0.39, 0.29) is 16.8 Å². The van der Waals surface area contributed by atoms with Gasteiger partial charge in [0.1, 0.15) is 11.4 Å². The van der Waals surface area contributed by atoms with Gasteiger partial charge in [-0.05, 0) is 85.2 Å². The number of nitrogens with two attached hydrogens (primary N) is 1. The van der Waals surface area contributed by atoms with Crippen molar-refractivity contribution in [1.82, 2.24) is 25.1 Å². The molecule has 1 aliphatic rings. The highest BCUT2D eigenvalue weighted by Gasteiger charge is 2.28. The first-order chi connectivity index (χ1) is 20.4. The third-order valence-corrected chi connectivity index (χ3v) is 8.29. The summed E-state index contributed by atoms with van der Waals surface area (Å²) in [4.78, 5) is 15.5. The molecule has 0 bridgehead atoms. The van der Waals surface area contributed by atoms with E-state index in [1.807, 2.05) is 75.4 Å². The molecule has 1 saturated heterocycles. The number of aromatic nitrogens is 4. The number of likely N-dealkylation sites (tertiary alicyclic amines) is 1. The molecule has 0 aliphatic carbocycles. The largest absolute Gasteiger partial charge is 0.497 e. The first-order valence-corrected chi connectivity index (χ1v) is 15.6. The molecule has 2 heterocycles. The highest BCUT2D eigenvalue weighted by atomic mass is 32.2. The first kappa shape index (κ1) is 30.2. The quantitative estimate of drug-likeness (QED) is 0.316. The monoisotopic (exact) mass is 604 g/mol. The number of primary sulfonamides is 1. The summed E-state index contributed by atoms with van der Waals surface area (Å²) in [6.45, 7) is 7.18. The minimum Gasteiger partial charge on any atom is -0.497 e. The van der Waals surface area contributed by atoms with Crippen LogP contribution in [0.15, 0.2) is 71.6 Å². The van der Waals surface area contributed by atoms with Crippen LogP contribution in [0.1, 0.15) is 50.7 Å². The van der Waals surface area contributed by atoms with Crippen molar-refractivity contribution in [2.24, 2.45) is 5.14 Å². The number of sulfonamides is 1. The number of carbonyl (C=O) groups excluding carboxylic acids is 1. The molecule has 2 N–H and O–H groups in total. The molecular weight excluding hydrogens is 568 g/mol. The van der Waals surface area contributed by atoms with Crippen molar-refractivity contribution in [3.8, 4) is 28.3 Å². The summed E-state index contributed by atoms with van der Waals surface area (Å²) < 4.78 is 36.0. The van der Waals surface area contributed by atoms with Gasteiger partial charge in [-0.2, -0.15) is 4.80 Å². The van der Waals surface area contributed by atoms with Crippen molar-refractivity contribution in [3.63, 3.8) is 0 Å². The fourth-order valence-electron chi connectivity index (χ4n) is 5.20. The number of ether oxygens (including phenoxy) is 2. The van der Waals surface area contributed by atoms with Crippen LogP contribution in [-0.4, -0.2) is 65.4 Å². The summed E-state index contributed by atoms with van der Waals surface area (Å²) in [5.74, 6) is 1.19. The lowest BCUT2D eigenvalue weighted by Gasteiger charge is -2.33. The maximum atomic E-state index is 12.6. The van der Waals surface area contributed by atoms with Gasteiger partial charge in [0.2, 0.25) is 15.8 Å². The number of methoxy groups -OCH3 is 1. The molecule has 4 aromatic rings. The number of tetrazole rings is 1. The molecule has 0 atom stereocenters. The number of nitrogens with zero attached hydrogens (tertiary/aromatic N) is 5. The molecule has 12 heteroatoms. The number of amides is 1. The van der Waals surface area contributed by atoms with Crippen molar-refractivity contribution in [2.45, 2.75) is 56.6 Å². The smallest absolute Gasteiger partial charge is 0.410 e. The van der Waals surface area contributed by atoms with Gasteiger partial charge in [-0.25, -0.2) is 18.4 Å². The number of hydrogen-bond acceptors (Lipinski definition) is 8. The molecule has 11 nitrogen and oxygen atoms in total. The van der Waals surface area contributed by atoms with Gasteiger partial charge in [0.05, 0.1) is 24.1 Å². The Labute approximate surface area is 251 Å². The Bertz CT molecular complexity index is 1690. The Morgan fingerprint density at radius 3 is 2.28 bits per heavy atom. The molecule has 226 valence electrons. The molecule has 3 aromatic carbocycles. The van der Waals surface area contributed by atoms with Gasteiger partial charge in [-0.15, -0.1) is 10.2 Å². The minimum atomic E-state index is -4.09. The van der Waals surface area contributed by atoms with Gasteiger partial charge in [0.25, 0.3) is 0 Å². The van der Waals surface area contributed by atoms with Gasteiger partial charge in [-0.3, -0.25) is 0 Å². The zero-order chi connectivity index (χ0) is 30.8. The standard InChI is InChI=1S/C31H36N6O5S/c1-31(2,3)42-30(38)36-18-16-23(17-19-36)22-10-12-24(13-11-22)26-6-5-7-27(43(32,39)40)28(26)29-33-35-37(34-29)20-21-8-14-25(41-4)15-9-21/h5-15,23H,16-20H2,1-4H3,(H2,32,39,40). The Kier molecular flexibility index (Phi) is 8.52. The summed E-state index contributed by atoms with van der Waals surface area (Å²) in [5, 5.41) is 18.5. The lowest BCUT2D eigenvalue weighted by molar-refractivity contribution is 0.0205. The molecule has 0 spiro atoms. The summed E-state index contributed by atoms with van der Waals surface area (Å²) in [7, 11) is -2.49. The van der Waals surface area contributed by atoms with E-state index in [0.29, 0.717) is 36.7 Å². The van der Waals surface area contributed by atoms with Crippen molar-refractivity contribution >= 4 is 16.1 Å². The molecule has 1 amide bonds. The molecule has 0 radical (unpaired) electrons. The van der Waals surface area contributed by atoms with Crippen LogP contribution in [0.3, 0.4) is 0 Å². The number of piperidine rings is 1. The van der Waals surface area contributed by atoms with Crippen LogP contribution in [-0.2, 0) is 21.3 Å². The summed E-state index contributed by atoms with van der Waals surface area (Å²) in [6, 6.07) is 20.4. The van der Waals surface area contributed by atoms with E-state index < -0.39 is 15.6 Å². The average molecular weight is 605 g/mol. The topological polar surface area (TPSA) is 143 Å². The molecule has 1 aliphatic heterocycles. The van der Waals surface area contributed by atoms with Crippen LogP contribution in [0, 0.1) is 0 Å². The summed E-state index contributed by atoms with van der Waals surface area (Å²) in [5.41, 5.74) is 3.27. The molecule has 1 fully saturated rings. The maximum Gasteiger partial charge on any atom is 0.410 e. The SMILES string of the molecule is COc1ccc(Cn2nnc(-c3c(-c4ccc(C5CCN(C(=O)OC(C)(C)C)CC5)cc4)cccc3S(N)(=O)=O)n2)cc1. The van der Waals surface area contributed by atoms with Crippen LogP contribution in [0.25, 0.3) is 22.5 Å². The zero-order valence-electron chi connectivity index (χ0n) is 24.7. The van der Waals surface area contributed by atoms with Crippen molar-refractivity contribution < 1.29 is 22.7 Å². The second-order valence-corrected chi connectivity index (χ2v) is 13.1. The average Bonchev–Trinajstić information content (AvgIpc) is 3.44. The molecule has 43 heavy (non-hydrogen) atoms. The number of rotatable bonds is 7. The zero-order valence-corrected chi connectivity index (χ0v) is 25.5. The van der Waals surface area contributed by atoms with Crippen LogP contribution < -0.4 is 9.88 Å². The van der Waals surface area contributed by atoms with E-state index in [1.165, 1.54) is 10.9 Å². The predicted octanol–water partition coefficient (Wildman–Crippen LogP) is 4.83. The number of benzene rings is 3. The van der Waals surface area contributed by atoms with Gasteiger partial charge in [0.15, 0.2) is 0 Å². The Morgan fingerprint density at radius 2 is 1.67 bits per heavy atom. The summed E-state index contributed by atoms with van der Waals surface area (Å²) in [6.07, 6.45) is 1.37. The predicted molar refractivity (Wildman–Crippen MR) is 162 cm³/mol. The van der Waals surface area contributed by atoms with Crippen LogP contribution >= 0.6 is 0 Å². The van der Waals surface area contributed by atoms with Gasteiger partial charge in [-0.1, -0.05) is 48.5 Å². The van der Waals surface area contributed by atoms with E-state index in [9.17, 15) is 13.2 Å². The van der Waals surface area contributed by atoms with E-state index >= 15 is 0 Å². The van der Waals surface area contributed by atoms with Crippen molar-refractivity contribution in [3.05, 3.63) is 77.9 Å². The lowest BCUT2D eigenvalue weighted by Crippen LogP contribution is -2.41. The van der Waals surface area contributed by atoms with E-state index in [4.69, 9.17) is 14.6 Å². The first-order valence-electron chi connectivity index (χ1n) is 14.1. The molecular formula is C31H36N6O5S. The van der Waals surface area contributed by atoms with Gasteiger partial charge < -0.3 is 14.4 Å². The van der Waals surface area contributed by atoms with Crippen molar-refractivity contribution in [1.29, 1.82) is 0 Å². The lowest BCUT2D eigenvalue weighted by atomic mass is 9.88. The highest BCUT2D eigenvalue weighted by Crippen LogP contribution is 2.36. The second-order valence-electron chi connectivity index (χ2n) is 11.6. The minimum absolute atomic E-state index is 0.0763. The third-order valence-electron chi connectivity index (χ3n) is 7.33.